The molecule has 10 heteroatoms. The van der Waals surface area contributed by atoms with Crippen LogP contribution in [0.1, 0.15) is 76.9 Å². The maximum atomic E-state index is 13.2. The van der Waals surface area contributed by atoms with E-state index < -0.39 is 21.4 Å². The van der Waals surface area contributed by atoms with Crippen molar-refractivity contribution in [2.75, 3.05) is 5.32 Å². The summed E-state index contributed by atoms with van der Waals surface area (Å²) in [6.07, 6.45) is 4.92. The third-order valence-electron chi connectivity index (χ3n) is 5.31. The zero-order valence-electron chi connectivity index (χ0n) is 16.7. The maximum Gasteiger partial charge on any atom is 0.275 e. The molecule has 29 heavy (non-hydrogen) atoms. The maximum absolute atomic E-state index is 13.2. The lowest BCUT2D eigenvalue weighted by Gasteiger charge is -2.19. The summed E-state index contributed by atoms with van der Waals surface area (Å²) in [4.78, 5) is 22.3. The molecule has 2 aromatic rings. The predicted molar refractivity (Wildman–Crippen MR) is 112 cm³/mol. The lowest BCUT2D eigenvalue weighted by molar-refractivity contribution is 0.0791. The summed E-state index contributed by atoms with van der Waals surface area (Å²) in [5.41, 5.74) is 3.53. The van der Waals surface area contributed by atoms with Crippen LogP contribution in [0.5, 0.6) is 0 Å². The molecule has 0 spiro atoms. The second-order valence-electron chi connectivity index (χ2n) is 8.31. The fraction of sp³-hybridized carbons (Fsp3) is 0.526. The number of aliphatic hydroxyl groups is 1. The van der Waals surface area contributed by atoms with Gasteiger partial charge in [0.1, 0.15) is 5.69 Å². The number of anilines is 1. The Morgan fingerprint density at radius 2 is 2.03 bits per heavy atom. The van der Waals surface area contributed by atoms with Crippen molar-refractivity contribution >= 4 is 32.8 Å². The highest BCUT2D eigenvalue weighted by Gasteiger charge is 2.35. The van der Waals surface area contributed by atoms with Crippen LogP contribution < -0.4 is 10.5 Å². The first kappa shape index (κ1) is 20.4. The molecule has 0 saturated heterocycles. The average molecular weight is 436 g/mol. The average Bonchev–Trinajstić information content (AvgIpc) is 3.12. The summed E-state index contributed by atoms with van der Waals surface area (Å²) in [5.74, 6) is -0.0886. The van der Waals surface area contributed by atoms with Crippen LogP contribution in [0.25, 0.3) is 0 Å². The highest BCUT2D eigenvalue weighted by Crippen LogP contribution is 2.47. The van der Waals surface area contributed by atoms with Crippen LogP contribution in [0.2, 0.25) is 0 Å². The molecule has 8 nitrogen and oxygen atoms in total. The number of pyridine rings is 1. The second-order valence-corrected chi connectivity index (χ2v) is 11.2. The van der Waals surface area contributed by atoms with Gasteiger partial charge in [0, 0.05) is 17.0 Å². The quantitative estimate of drug-likeness (QED) is 0.571. The van der Waals surface area contributed by atoms with Gasteiger partial charge in [-0.3, -0.25) is 9.78 Å². The van der Waals surface area contributed by atoms with Crippen LogP contribution in [-0.2, 0) is 28.4 Å². The standard InChI is InChI=1S/C19H25N5O3S2/c1-9-13(10-7-8-10)14(11-5-4-6-12(11)22-9)23-17(25)15-16(19(2,3)26)28-18(24-15)29(20,21)27/h10,26H,4-8H2,1-3H3,(H3,20,21,27)(H,22,23,25). The Hall–Kier alpha value is -1.88. The molecule has 1 atom stereocenters. The number of amides is 1. The molecule has 2 aliphatic rings. The summed E-state index contributed by atoms with van der Waals surface area (Å²) in [7, 11) is -3.59. The summed E-state index contributed by atoms with van der Waals surface area (Å²) in [6, 6.07) is 0. The van der Waals surface area contributed by atoms with Crippen LogP contribution in [0.4, 0.5) is 5.69 Å². The van der Waals surface area contributed by atoms with E-state index in [0.717, 1.165) is 71.6 Å². The molecular formula is C19H25N5O3S2. The number of hydrogen-bond acceptors (Lipinski definition) is 7. The Morgan fingerprint density at radius 3 is 2.62 bits per heavy atom. The number of carbonyl (C=O) groups excluding carboxylic acids is 1. The number of thiazole rings is 1. The largest absolute Gasteiger partial charge is 0.385 e. The van der Waals surface area contributed by atoms with Gasteiger partial charge in [-0.25, -0.2) is 19.1 Å². The fourth-order valence-electron chi connectivity index (χ4n) is 3.91. The summed E-state index contributed by atoms with van der Waals surface area (Å²) >= 11 is 0.841. The number of aryl methyl sites for hydroxylation is 2. The summed E-state index contributed by atoms with van der Waals surface area (Å²) in [5, 5.41) is 18.9. The number of nitrogens with one attached hydrogen (secondary N) is 2. The molecule has 1 unspecified atom stereocenters. The van der Waals surface area contributed by atoms with E-state index in [9.17, 15) is 14.1 Å². The Morgan fingerprint density at radius 1 is 1.34 bits per heavy atom. The zero-order valence-corrected chi connectivity index (χ0v) is 18.3. The smallest absolute Gasteiger partial charge is 0.275 e. The van der Waals surface area contributed by atoms with Crippen LogP contribution in [0, 0.1) is 11.7 Å². The van der Waals surface area contributed by atoms with Crippen molar-refractivity contribution in [1.29, 1.82) is 4.78 Å². The van der Waals surface area contributed by atoms with E-state index in [2.05, 4.69) is 10.3 Å². The SMILES string of the molecule is Cc1nc2c(c(NC(=O)c3nc(S(=N)(N)=O)sc3C(C)(C)O)c1C1CC1)CCC2. The predicted octanol–water partition coefficient (Wildman–Crippen LogP) is 2.97. The van der Waals surface area contributed by atoms with E-state index in [1.54, 1.807) is 0 Å². The van der Waals surface area contributed by atoms with Gasteiger partial charge in [0.05, 0.1) is 16.2 Å². The fourth-order valence-corrected chi connectivity index (χ4v) is 5.68. The molecule has 2 heterocycles. The number of fused-ring (bicyclic) bond motifs is 1. The molecule has 2 aromatic heterocycles. The zero-order chi connectivity index (χ0) is 21.1. The number of nitrogens with two attached hydrogens (primary N) is 1. The van der Waals surface area contributed by atoms with Crippen molar-refractivity contribution in [3.05, 3.63) is 33.1 Å². The molecular weight excluding hydrogens is 410 g/mol. The molecule has 0 aromatic carbocycles. The highest BCUT2D eigenvalue weighted by atomic mass is 32.2. The van der Waals surface area contributed by atoms with E-state index in [-0.39, 0.29) is 14.9 Å². The van der Waals surface area contributed by atoms with Crippen LogP contribution in [0.15, 0.2) is 4.34 Å². The molecule has 0 aliphatic heterocycles. The lowest BCUT2D eigenvalue weighted by atomic mass is 10.0. The molecule has 2 aliphatic carbocycles. The van der Waals surface area contributed by atoms with Crippen molar-refractivity contribution in [3.63, 3.8) is 0 Å². The first-order valence-corrected chi connectivity index (χ1v) is 12.0. The van der Waals surface area contributed by atoms with Crippen molar-refractivity contribution in [3.8, 4) is 0 Å². The number of carbonyl (C=O) groups is 1. The number of hydrogen-bond donors (Lipinski definition) is 4. The number of nitrogens with zero attached hydrogens (tertiary/aromatic N) is 2. The van der Waals surface area contributed by atoms with Crippen molar-refractivity contribution in [2.24, 2.45) is 5.14 Å². The van der Waals surface area contributed by atoms with Gasteiger partial charge in [-0.2, -0.15) is 0 Å². The molecule has 156 valence electrons. The molecule has 1 amide bonds. The van der Waals surface area contributed by atoms with Crippen LogP contribution in [0.3, 0.4) is 0 Å². The van der Waals surface area contributed by atoms with Gasteiger partial charge in [-0.1, -0.05) is 0 Å². The van der Waals surface area contributed by atoms with Gasteiger partial charge >= 0.3 is 0 Å². The van der Waals surface area contributed by atoms with Gasteiger partial charge in [-0.15, -0.1) is 11.3 Å². The summed E-state index contributed by atoms with van der Waals surface area (Å²) in [6.45, 7) is 5.02. The van der Waals surface area contributed by atoms with E-state index >= 15 is 0 Å². The third-order valence-corrected chi connectivity index (χ3v) is 8.08. The minimum Gasteiger partial charge on any atom is -0.385 e. The minimum atomic E-state index is -3.59. The molecule has 0 bridgehead atoms. The van der Waals surface area contributed by atoms with Crippen molar-refractivity contribution in [2.45, 2.75) is 68.7 Å². The lowest BCUT2D eigenvalue weighted by Crippen LogP contribution is -2.23. The summed E-state index contributed by atoms with van der Waals surface area (Å²) < 4.78 is 19.4. The number of rotatable bonds is 5. The van der Waals surface area contributed by atoms with Crippen molar-refractivity contribution in [1.82, 2.24) is 9.97 Å². The highest BCUT2D eigenvalue weighted by molar-refractivity contribution is 7.92. The van der Waals surface area contributed by atoms with Crippen LogP contribution in [-0.4, -0.2) is 25.2 Å². The molecule has 5 N–H and O–H groups in total. The molecule has 0 radical (unpaired) electrons. The van der Waals surface area contributed by atoms with E-state index in [1.165, 1.54) is 13.8 Å². The Balaban J connectivity index is 1.80. The molecule has 1 saturated carbocycles. The van der Waals surface area contributed by atoms with Gasteiger partial charge in [0.15, 0.2) is 9.92 Å². The van der Waals surface area contributed by atoms with Crippen LogP contribution >= 0.6 is 11.3 Å². The Labute approximate surface area is 174 Å². The van der Waals surface area contributed by atoms with Gasteiger partial charge in [-0.05, 0) is 64.4 Å². The topological polar surface area (TPSA) is 142 Å². The van der Waals surface area contributed by atoms with E-state index in [1.807, 2.05) is 6.92 Å². The van der Waals surface area contributed by atoms with Crippen molar-refractivity contribution < 1.29 is 14.1 Å². The normalized spacial score (nSPS) is 18.4. The van der Waals surface area contributed by atoms with Gasteiger partial charge in [0.25, 0.3) is 5.91 Å². The minimum absolute atomic E-state index is 0.0362. The van der Waals surface area contributed by atoms with E-state index in [4.69, 9.17) is 14.9 Å². The molecule has 1 fully saturated rings. The Kier molecular flexibility index (Phi) is 4.80. The monoisotopic (exact) mass is 435 g/mol. The van der Waals surface area contributed by atoms with E-state index in [0.29, 0.717) is 5.92 Å². The van der Waals surface area contributed by atoms with Gasteiger partial charge in [0.2, 0.25) is 4.34 Å². The first-order chi connectivity index (χ1) is 13.5. The first-order valence-electron chi connectivity index (χ1n) is 9.60. The third kappa shape index (κ3) is 3.81. The second kappa shape index (κ2) is 6.83. The Bertz CT molecular complexity index is 1110. The number of aromatic nitrogens is 2. The van der Waals surface area contributed by atoms with Gasteiger partial charge < -0.3 is 10.4 Å². The molecule has 4 rings (SSSR count).